The second-order valence-electron chi connectivity index (χ2n) is 10.3. The van der Waals surface area contributed by atoms with E-state index in [-0.39, 0.29) is 23.3 Å². The van der Waals surface area contributed by atoms with Gasteiger partial charge in [0.25, 0.3) is 0 Å². The topological polar surface area (TPSA) is 35.6 Å². The van der Waals surface area contributed by atoms with Gasteiger partial charge < -0.3 is 15.1 Å². The molecule has 2 aliphatic rings. The maximum atomic E-state index is 13.1. The van der Waals surface area contributed by atoms with Crippen molar-refractivity contribution >= 4 is 24.9 Å². The standard InChI is InChI=1S/C30H36BN3O/c1-20-8-11-25(12-9-20)29(6)23(4)33(7)24(5)30(29)14-16-34(17-15-30)28(35)19-32-22(3)26-18-21(2)10-13-27(26)31/h8-13,18,32H,3-5,14-17,19H2,1-2,6-7H3. The number of carbonyl (C=O) groups is 1. The lowest BCUT2D eigenvalue weighted by atomic mass is 9.57. The van der Waals surface area contributed by atoms with Gasteiger partial charge in [-0.15, -0.1) is 0 Å². The number of allylic oxidation sites excluding steroid dienone is 2. The van der Waals surface area contributed by atoms with Crippen LogP contribution >= 0.6 is 0 Å². The van der Waals surface area contributed by atoms with Crippen LogP contribution in [-0.4, -0.2) is 50.2 Å². The van der Waals surface area contributed by atoms with Crippen LogP contribution in [0.3, 0.4) is 0 Å². The normalized spacial score (nSPS) is 21.5. The molecule has 5 heteroatoms. The lowest BCUT2D eigenvalue weighted by molar-refractivity contribution is -0.132. The van der Waals surface area contributed by atoms with Gasteiger partial charge in [0.05, 0.1) is 6.54 Å². The molecule has 180 valence electrons. The van der Waals surface area contributed by atoms with Crippen molar-refractivity contribution < 1.29 is 4.79 Å². The van der Waals surface area contributed by atoms with Gasteiger partial charge in [-0.05, 0) is 44.7 Å². The van der Waals surface area contributed by atoms with E-state index in [1.807, 2.05) is 30.0 Å². The van der Waals surface area contributed by atoms with Crippen LogP contribution in [-0.2, 0) is 10.2 Å². The van der Waals surface area contributed by atoms with E-state index in [4.69, 9.17) is 7.85 Å². The summed E-state index contributed by atoms with van der Waals surface area (Å²) >= 11 is 0. The molecule has 4 rings (SSSR count). The van der Waals surface area contributed by atoms with Crippen molar-refractivity contribution in [2.75, 3.05) is 26.7 Å². The number of aryl methyl sites for hydroxylation is 2. The van der Waals surface area contributed by atoms with Gasteiger partial charge in [0.1, 0.15) is 7.85 Å². The molecule has 2 radical (unpaired) electrons. The second kappa shape index (κ2) is 9.11. The Hall–Kier alpha value is -3.21. The smallest absolute Gasteiger partial charge is 0.241 e. The minimum atomic E-state index is -0.267. The van der Waals surface area contributed by atoms with Crippen molar-refractivity contribution in [3.05, 3.63) is 95.8 Å². The number of hydrogen-bond donors (Lipinski definition) is 1. The van der Waals surface area contributed by atoms with Gasteiger partial charge in [0, 0.05) is 48.1 Å². The van der Waals surface area contributed by atoms with E-state index >= 15 is 0 Å². The molecule has 1 amide bonds. The monoisotopic (exact) mass is 465 g/mol. The first-order valence-electron chi connectivity index (χ1n) is 12.3. The maximum Gasteiger partial charge on any atom is 0.241 e. The Labute approximate surface area is 211 Å². The molecule has 2 heterocycles. The van der Waals surface area contributed by atoms with Crippen molar-refractivity contribution in [3.63, 3.8) is 0 Å². The van der Waals surface area contributed by atoms with Gasteiger partial charge in [0.15, 0.2) is 0 Å². The number of rotatable bonds is 5. The van der Waals surface area contributed by atoms with E-state index in [9.17, 15) is 4.79 Å². The highest BCUT2D eigenvalue weighted by molar-refractivity contribution is 6.34. The van der Waals surface area contributed by atoms with Crippen LogP contribution in [0.15, 0.2) is 73.6 Å². The highest BCUT2D eigenvalue weighted by Gasteiger charge is 2.60. The van der Waals surface area contributed by atoms with Crippen molar-refractivity contribution in [3.8, 4) is 0 Å². The average molecular weight is 465 g/mol. The van der Waals surface area contributed by atoms with Crippen molar-refractivity contribution in [2.24, 2.45) is 5.41 Å². The molecule has 2 aliphatic heterocycles. The van der Waals surface area contributed by atoms with Crippen molar-refractivity contribution in [2.45, 2.75) is 39.0 Å². The number of amides is 1. The summed E-state index contributed by atoms with van der Waals surface area (Å²) in [6, 6.07) is 14.6. The number of nitrogens with one attached hydrogen (secondary N) is 1. The molecule has 2 fully saturated rings. The molecule has 2 aromatic rings. The average Bonchev–Trinajstić information content (AvgIpc) is 2.99. The molecule has 1 spiro atoms. The highest BCUT2D eigenvalue weighted by atomic mass is 16.2. The van der Waals surface area contributed by atoms with Crippen LogP contribution in [0.4, 0.5) is 0 Å². The number of nitrogens with zero attached hydrogens (tertiary/aromatic N) is 2. The zero-order valence-corrected chi connectivity index (χ0v) is 21.6. The van der Waals surface area contributed by atoms with E-state index in [0.29, 0.717) is 24.2 Å². The minimum Gasteiger partial charge on any atom is -0.376 e. The Balaban J connectivity index is 1.48. The molecule has 1 unspecified atom stereocenters. The zero-order chi connectivity index (χ0) is 25.5. The zero-order valence-electron chi connectivity index (χ0n) is 21.6. The Morgan fingerprint density at radius 1 is 1.03 bits per heavy atom. The Bertz CT molecular complexity index is 1190. The summed E-state index contributed by atoms with van der Waals surface area (Å²) in [6.07, 6.45) is 1.69. The van der Waals surface area contributed by atoms with Gasteiger partial charge in [-0.25, -0.2) is 0 Å². The third-order valence-electron chi connectivity index (χ3n) is 8.48. The van der Waals surface area contributed by atoms with E-state index in [0.717, 1.165) is 35.4 Å². The molecule has 1 N–H and O–H groups in total. The molecule has 0 bridgehead atoms. The molecular formula is C30H36BN3O. The first kappa shape index (κ1) is 24.9. The van der Waals surface area contributed by atoms with Crippen LogP contribution in [0.25, 0.3) is 5.70 Å². The summed E-state index contributed by atoms with van der Waals surface area (Å²) in [6.45, 7) is 21.1. The van der Waals surface area contributed by atoms with Crippen molar-refractivity contribution in [1.29, 1.82) is 0 Å². The van der Waals surface area contributed by atoms with Crippen molar-refractivity contribution in [1.82, 2.24) is 15.1 Å². The summed E-state index contributed by atoms with van der Waals surface area (Å²) in [5, 5.41) is 3.19. The first-order chi connectivity index (χ1) is 16.5. The van der Waals surface area contributed by atoms with E-state index in [1.54, 1.807) is 0 Å². The first-order valence-corrected chi connectivity index (χ1v) is 12.3. The molecule has 1 atom stereocenters. The van der Waals surface area contributed by atoms with Crippen LogP contribution in [0.1, 0.15) is 42.0 Å². The van der Waals surface area contributed by atoms with Crippen LogP contribution in [0, 0.1) is 19.3 Å². The quantitative estimate of drug-likeness (QED) is 0.673. The van der Waals surface area contributed by atoms with E-state index < -0.39 is 0 Å². The fourth-order valence-electron chi connectivity index (χ4n) is 5.96. The Morgan fingerprint density at radius 3 is 2.26 bits per heavy atom. The maximum absolute atomic E-state index is 13.1. The number of hydrogen-bond acceptors (Lipinski definition) is 3. The molecule has 4 nitrogen and oxygen atoms in total. The van der Waals surface area contributed by atoms with Gasteiger partial charge in [0.2, 0.25) is 5.91 Å². The number of piperidine rings is 1. The molecule has 0 aromatic heterocycles. The molecule has 0 saturated carbocycles. The summed E-state index contributed by atoms with van der Waals surface area (Å²) in [5.74, 6) is 0.0695. The fraction of sp³-hybridized carbons (Fsp3) is 0.367. The lowest BCUT2D eigenvalue weighted by Gasteiger charge is -2.48. The largest absolute Gasteiger partial charge is 0.376 e. The molecule has 0 aliphatic carbocycles. The number of likely N-dealkylation sites (tertiary alicyclic amines) is 2. The molecule has 2 saturated heterocycles. The fourth-order valence-corrected chi connectivity index (χ4v) is 5.96. The van der Waals surface area contributed by atoms with Crippen LogP contribution in [0.2, 0.25) is 0 Å². The van der Waals surface area contributed by atoms with Gasteiger partial charge in [-0.2, -0.15) is 0 Å². The molecule has 2 aromatic carbocycles. The lowest BCUT2D eigenvalue weighted by Crippen LogP contribution is -2.51. The highest BCUT2D eigenvalue weighted by Crippen LogP contribution is 2.62. The predicted octanol–water partition coefficient (Wildman–Crippen LogP) is 4.20. The third-order valence-corrected chi connectivity index (χ3v) is 8.48. The van der Waals surface area contributed by atoms with E-state index in [1.165, 1.54) is 11.1 Å². The molecule has 35 heavy (non-hydrogen) atoms. The predicted molar refractivity (Wildman–Crippen MR) is 146 cm³/mol. The second-order valence-corrected chi connectivity index (χ2v) is 10.3. The number of benzene rings is 2. The summed E-state index contributed by atoms with van der Waals surface area (Å²) in [7, 11) is 8.17. The van der Waals surface area contributed by atoms with E-state index in [2.05, 4.69) is 75.1 Å². The van der Waals surface area contributed by atoms with Gasteiger partial charge in [-0.3, -0.25) is 4.79 Å². The summed E-state index contributed by atoms with van der Waals surface area (Å²) in [4.78, 5) is 17.2. The van der Waals surface area contributed by atoms with Gasteiger partial charge >= 0.3 is 0 Å². The summed E-state index contributed by atoms with van der Waals surface area (Å²) < 4.78 is 0. The number of carbonyl (C=O) groups excluding carboxylic acids is 1. The SMILES string of the molecule is [B]c1ccc(C)cc1C(=C)NCC(=O)N1CCC2(CC1)C(=C)N(C)C(=C)C2(C)c1ccc(C)cc1. The number of likely N-dealkylation sites (N-methyl/N-ethyl adjacent to an activating group) is 1. The van der Waals surface area contributed by atoms with Crippen LogP contribution < -0.4 is 10.8 Å². The minimum absolute atomic E-state index is 0.0695. The van der Waals surface area contributed by atoms with Gasteiger partial charge in [-0.1, -0.05) is 78.8 Å². The Kier molecular flexibility index (Phi) is 6.48. The third kappa shape index (κ3) is 4.01. The molecular weight excluding hydrogens is 429 g/mol. The van der Waals surface area contributed by atoms with Crippen LogP contribution in [0.5, 0.6) is 0 Å². The summed E-state index contributed by atoms with van der Waals surface area (Å²) in [5.41, 5.74) is 7.49. The Morgan fingerprint density at radius 2 is 1.63 bits per heavy atom.